The van der Waals surface area contributed by atoms with Crippen molar-refractivity contribution in [3.8, 4) is 0 Å². The maximum atomic E-state index is 12.3. The van der Waals surface area contributed by atoms with Gasteiger partial charge in [0.1, 0.15) is 13.2 Å². The van der Waals surface area contributed by atoms with E-state index in [2.05, 4.69) is 0 Å². The van der Waals surface area contributed by atoms with Gasteiger partial charge in [-0.15, -0.1) is 0 Å². The molecule has 0 saturated carbocycles. The van der Waals surface area contributed by atoms with Crippen LogP contribution in [0.3, 0.4) is 0 Å². The van der Waals surface area contributed by atoms with E-state index < -0.39 is 11.9 Å². The molecule has 0 heterocycles. The molecule has 0 unspecified atom stereocenters. The number of hydrogen-bond acceptors (Lipinski definition) is 6. The zero-order valence-electron chi connectivity index (χ0n) is 14.7. The summed E-state index contributed by atoms with van der Waals surface area (Å²) in [5, 5.41) is 0. The molecule has 0 aliphatic carbocycles. The fourth-order valence-corrected chi connectivity index (χ4v) is 2.16. The third-order valence-corrected chi connectivity index (χ3v) is 3.47. The van der Waals surface area contributed by atoms with Crippen LogP contribution in [-0.2, 0) is 25.6 Å². The van der Waals surface area contributed by atoms with Crippen LogP contribution in [0.2, 0.25) is 0 Å². The van der Waals surface area contributed by atoms with Crippen LogP contribution in [-0.4, -0.2) is 45.5 Å². The summed E-state index contributed by atoms with van der Waals surface area (Å²) < 4.78 is 20.5. The van der Waals surface area contributed by atoms with Crippen LogP contribution >= 0.6 is 0 Å². The average Bonchev–Trinajstić information content (AvgIpc) is 2.69. The van der Waals surface area contributed by atoms with Crippen molar-refractivity contribution in [3.63, 3.8) is 0 Å². The molecule has 2 aromatic rings. The summed E-state index contributed by atoms with van der Waals surface area (Å²) >= 11 is 0. The van der Waals surface area contributed by atoms with Gasteiger partial charge in [-0.05, 0) is 17.7 Å². The minimum absolute atomic E-state index is 0.0932. The molecule has 0 radical (unpaired) electrons. The van der Waals surface area contributed by atoms with Gasteiger partial charge in [0.25, 0.3) is 0 Å². The van der Waals surface area contributed by atoms with Crippen molar-refractivity contribution in [1.82, 2.24) is 0 Å². The highest BCUT2D eigenvalue weighted by atomic mass is 16.6. The van der Waals surface area contributed by atoms with Gasteiger partial charge in [-0.1, -0.05) is 42.5 Å². The first-order valence-corrected chi connectivity index (χ1v) is 8.26. The van der Waals surface area contributed by atoms with Crippen LogP contribution < -0.4 is 0 Å². The Balaban J connectivity index is 1.89. The third kappa shape index (κ3) is 6.31. The van der Waals surface area contributed by atoms with E-state index in [1.807, 2.05) is 30.3 Å². The lowest BCUT2D eigenvalue weighted by Gasteiger charge is -2.10. The van der Waals surface area contributed by atoms with Crippen LogP contribution in [0.4, 0.5) is 0 Å². The van der Waals surface area contributed by atoms with Gasteiger partial charge in [-0.25, -0.2) is 9.59 Å². The largest absolute Gasteiger partial charge is 0.460 e. The summed E-state index contributed by atoms with van der Waals surface area (Å²) in [4.78, 5) is 24.5. The van der Waals surface area contributed by atoms with E-state index in [0.717, 1.165) is 5.56 Å². The van der Waals surface area contributed by atoms with Crippen molar-refractivity contribution in [3.05, 3.63) is 71.3 Å². The molecule has 0 aromatic heterocycles. The summed E-state index contributed by atoms with van der Waals surface area (Å²) in [5.74, 6) is -1.16. The van der Waals surface area contributed by atoms with Gasteiger partial charge >= 0.3 is 11.9 Å². The number of ether oxygens (including phenoxy) is 4. The van der Waals surface area contributed by atoms with E-state index in [9.17, 15) is 9.59 Å². The Kier molecular flexibility index (Phi) is 8.32. The second-order valence-electron chi connectivity index (χ2n) is 5.35. The highest BCUT2D eigenvalue weighted by molar-refractivity contribution is 6.03. The Hall–Kier alpha value is -2.70. The van der Waals surface area contributed by atoms with Crippen LogP contribution in [0.1, 0.15) is 26.3 Å². The Morgan fingerprint density at radius 3 is 1.96 bits per heavy atom. The number of benzene rings is 2. The van der Waals surface area contributed by atoms with Crippen LogP contribution in [0.15, 0.2) is 54.6 Å². The summed E-state index contributed by atoms with van der Waals surface area (Å²) in [5.41, 5.74) is 1.21. The normalized spacial score (nSPS) is 10.3. The van der Waals surface area contributed by atoms with Gasteiger partial charge in [0.15, 0.2) is 0 Å². The molecule has 0 bridgehead atoms. The Morgan fingerprint density at radius 2 is 1.31 bits per heavy atom. The first kappa shape index (κ1) is 19.6. The van der Waals surface area contributed by atoms with Crippen molar-refractivity contribution in [2.45, 2.75) is 6.61 Å². The predicted molar refractivity (Wildman–Crippen MR) is 95.0 cm³/mol. The number of carbonyl (C=O) groups is 2. The summed E-state index contributed by atoms with van der Waals surface area (Å²) in [6.45, 7) is 1.39. The molecule has 0 aliphatic heterocycles. The Bertz CT molecular complexity index is 698. The van der Waals surface area contributed by atoms with Gasteiger partial charge in [-0.3, -0.25) is 0 Å². The van der Waals surface area contributed by atoms with E-state index in [4.69, 9.17) is 18.9 Å². The predicted octanol–water partition coefficient (Wildman–Crippen LogP) is 2.86. The molecule has 26 heavy (non-hydrogen) atoms. The molecular weight excluding hydrogens is 336 g/mol. The first-order chi connectivity index (χ1) is 12.7. The average molecular weight is 358 g/mol. The number of carbonyl (C=O) groups excluding carboxylic acids is 2. The number of esters is 2. The molecule has 6 heteroatoms. The van der Waals surface area contributed by atoms with Crippen molar-refractivity contribution >= 4 is 11.9 Å². The zero-order chi connectivity index (χ0) is 18.6. The quantitative estimate of drug-likeness (QED) is 0.480. The van der Waals surface area contributed by atoms with E-state index in [1.54, 1.807) is 25.3 Å². The smallest absolute Gasteiger partial charge is 0.339 e. The maximum absolute atomic E-state index is 12.3. The van der Waals surface area contributed by atoms with Crippen molar-refractivity contribution in [2.24, 2.45) is 0 Å². The summed E-state index contributed by atoms with van der Waals surface area (Å²) in [6, 6.07) is 15.7. The molecular formula is C20H22O6. The summed E-state index contributed by atoms with van der Waals surface area (Å²) in [7, 11) is 1.58. The molecule has 6 nitrogen and oxygen atoms in total. The molecule has 0 fully saturated rings. The number of hydrogen-bond donors (Lipinski definition) is 0. The number of methoxy groups -OCH3 is 1. The highest BCUT2D eigenvalue weighted by Crippen LogP contribution is 2.13. The summed E-state index contributed by atoms with van der Waals surface area (Å²) in [6.07, 6.45) is 0. The maximum Gasteiger partial charge on any atom is 0.339 e. The fraction of sp³-hybridized carbons (Fsp3) is 0.300. The van der Waals surface area contributed by atoms with E-state index in [0.29, 0.717) is 13.2 Å². The van der Waals surface area contributed by atoms with Crippen molar-refractivity contribution in [2.75, 3.05) is 33.5 Å². The lowest BCUT2D eigenvalue weighted by atomic mass is 10.1. The first-order valence-electron chi connectivity index (χ1n) is 8.26. The second-order valence-corrected chi connectivity index (χ2v) is 5.35. The van der Waals surface area contributed by atoms with Gasteiger partial charge in [-0.2, -0.15) is 0 Å². The standard InChI is InChI=1S/C20H22O6/c1-23-11-12-24-13-14-25-19(21)17-9-5-6-10-18(17)20(22)26-15-16-7-3-2-4-8-16/h2-10H,11-15H2,1H3. The molecule has 0 N–H and O–H groups in total. The lowest BCUT2D eigenvalue weighted by Crippen LogP contribution is -2.16. The molecule has 0 spiro atoms. The van der Waals surface area contributed by atoms with Crippen LogP contribution in [0, 0.1) is 0 Å². The van der Waals surface area contributed by atoms with E-state index in [-0.39, 0.29) is 30.9 Å². The monoisotopic (exact) mass is 358 g/mol. The lowest BCUT2D eigenvalue weighted by molar-refractivity contribution is 0.0208. The molecule has 2 rings (SSSR count). The molecule has 2 aromatic carbocycles. The SMILES string of the molecule is COCCOCCOC(=O)c1ccccc1C(=O)OCc1ccccc1. The van der Waals surface area contributed by atoms with Crippen molar-refractivity contribution < 1.29 is 28.5 Å². The Morgan fingerprint density at radius 1 is 0.731 bits per heavy atom. The zero-order valence-corrected chi connectivity index (χ0v) is 14.7. The molecule has 0 aliphatic rings. The second kappa shape index (κ2) is 11.0. The molecule has 0 saturated heterocycles. The number of rotatable bonds is 10. The van der Waals surface area contributed by atoms with Gasteiger partial charge < -0.3 is 18.9 Å². The minimum atomic E-state index is -0.590. The fourth-order valence-electron chi connectivity index (χ4n) is 2.16. The van der Waals surface area contributed by atoms with Crippen LogP contribution in [0.25, 0.3) is 0 Å². The minimum Gasteiger partial charge on any atom is -0.460 e. The van der Waals surface area contributed by atoms with Gasteiger partial charge in [0.2, 0.25) is 0 Å². The third-order valence-electron chi connectivity index (χ3n) is 3.47. The van der Waals surface area contributed by atoms with Gasteiger partial charge in [0.05, 0.1) is 30.9 Å². The molecule has 0 amide bonds. The molecule has 0 atom stereocenters. The highest BCUT2D eigenvalue weighted by Gasteiger charge is 2.19. The Labute approximate surface area is 152 Å². The van der Waals surface area contributed by atoms with Gasteiger partial charge in [0, 0.05) is 7.11 Å². The van der Waals surface area contributed by atoms with E-state index >= 15 is 0 Å². The van der Waals surface area contributed by atoms with Crippen molar-refractivity contribution in [1.29, 1.82) is 0 Å². The topological polar surface area (TPSA) is 71.1 Å². The molecule has 138 valence electrons. The van der Waals surface area contributed by atoms with Crippen LogP contribution in [0.5, 0.6) is 0 Å². The van der Waals surface area contributed by atoms with E-state index in [1.165, 1.54) is 6.07 Å².